The van der Waals surface area contributed by atoms with Crippen LogP contribution in [0.3, 0.4) is 0 Å². The molecule has 0 fully saturated rings. The molecule has 0 bridgehead atoms. The van der Waals surface area contributed by atoms with E-state index in [2.05, 4.69) is 21.4 Å². The van der Waals surface area contributed by atoms with Crippen molar-refractivity contribution in [3.63, 3.8) is 0 Å². The van der Waals surface area contributed by atoms with Gasteiger partial charge in [0.05, 0.1) is 17.6 Å². The molecule has 0 amide bonds. The first-order valence-corrected chi connectivity index (χ1v) is 5.23. The second kappa shape index (κ2) is 4.40. The van der Waals surface area contributed by atoms with Gasteiger partial charge in [-0.3, -0.25) is 9.88 Å². The third-order valence-corrected chi connectivity index (χ3v) is 2.67. The first-order valence-electron chi connectivity index (χ1n) is 5.23. The molecule has 2 rings (SSSR count). The lowest BCUT2D eigenvalue weighted by Crippen LogP contribution is -2.26. The van der Waals surface area contributed by atoms with Crippen molar-refractivity contribution in [2.75, 3.05) is 25.4 Å². The molecule has 4 heteroatoms. The summed E-state index contributed by atoms with van der Waals surface area (Å²) in [6.07, 6.45) is 5.46. The SMILES string of the molecule is C=CCN1CCc2ncc(N)nc2CC1. The van der Waals surface area contributed by atoms with Crippen LogP contribution in [0.5, 0.6) is 0 Å². The predicted octanol–water partition coefficient (Wildman–Crippen LogP) is 0.645. The van der Waals surface area contributed by atoms with E-state index in [0.29, 0.717) is 5.82 Å². The van der Waals surface area contributed by atoms with E-state index in [4.69, 9.17) is 5.73 Å². The molecule has 0 spiro atoms. The first-order chi connectivity index (χ1) is 7.29. The summed E-state index contributed by atoms with van der Waals surface area (Å²) in [6.45, 7) is 6.73. The molecule has 0 saturated carbocycles. The van der Waals surface area contributed by atoms with E-state index in [1.165, 1.54) is 0 Å². The van der Waals surface area contributed by atoms with Crippen LogP contribution in [0.2, 0.25) is 0 Å². The van der Waals surface area contributed by atoms with Crippen molar-refractivity contribution in [1.82, 2.24) is 14.9 Å². The lowest BCUT2D eigenvalue weighted by molar-refractivity contribution is 0.318. The number of aromatic nitrogens is 2. The van der Waals surface area contributed by atoms with Gasteiger partial charge in [-0.15, -0.1) is 6.58 Å². The summed E-state index contributed by atoms with van der Waals surface area (Å²) in [4.78, 5) is 11.0. The quantitative estimate of drug-likeness (QED) is 0.718. The maximum Gasteiger partial charge on any atom is 0.142 e. The average molecular weight is 204 g/mol. The van der Waals surface area contributed by atoms with Crippen molar-refractivity contribution >= 4 is 5.82 Å². The van der Waals surface area contributed by atoms with E-state index in [1.807, 2.05) is 6.08 Å². The van der Waals surface area contributed by atoms with Gasteiger partial charge in [-0.2, -0.15) is 0 Å². The van der Waals surface area contributed by atoms with Crippen LogP contribution < -0.4 is 5.73 Å². The Morgan fingerprint density at radius 2 is 2.13 bits per heavy atom. The molecule has 2 N–H and O–H groups in total. The third-order valence-electron chi connectivity index (χ3n) is 2.67. The Balaban J connectivity index is 2.14. The number of nitrogen functional groups attached to an aromatic ring is 1. The van der Waals surface area contributed by atoms with Crippen molar-refractivity contribution in [2.45, 2.75) is 12.8 Å². The minimum Gasteiger partial charge on any atom is -0.382 e. The largest absolute Gasteiger partial charge is 0.382 e. The number of nitrogens with two attached hydrogens (primary N) is 1. The van der Waals surface area contributed by atoms with Gasteiger partial charge in [0.2, 0.25) is 0 Å². The fourth-order valence-electron chi connectivity index (χ4n) is 1.88. The fourth-order valence-corrected chi connectivity index (χ4v) is 1.88. The smallest absolute Gasteiger partial charge is 0.142 e. The fraction of sp³-hybridized carbons (Fsp3) is 0.455. The number of hydrogen-bond acceptors (Lipinski definition) is 4. The predicted molar refractivity (Wildman–Crippen MR) is 60.5 cm³/mol. The minimum absolute atomic E-state index is 0.519. The molecule has 1 aromatic rings. The Kier molecular flexibility index (Phi) is 2.97. The van der Waals surface area contributed by atoms with Gasteiger partial charge >= 0.3 is 0 Å². The Bertz CT molecular complexity index is 362. The summed E-state index contributed by atoms with van der Waals surface area (Å²) >= 11 is 0. The van der Waals surface area contributed by atoms with Crippen molar-refractivity contribution in [3.8, 4) is 0 Å². The van der Waals surface area contributed by atoms with E-state index in [-0.39, 0.29) is 0 Å². The van der Waals surface area contributed by atoms with Crippen LogP contribution in [-0.4, -0.2) is 34.5 Å². The monoisotopic (exact) mass is 204 g/mol. The number of anilines is 1. The molecular formula is C11H16N4. The molecule has 0 saturated heterocycles. The normalized spacial score (nSPS) is 16.8. The van der Waals surface area contributed by atoms with Crippen molar-refractivity contribution in [1.29, 1.82) is 0 Å². The van der Waals surface area contributed by atoms with Gasteiger partial charge in [-0.05, 0) is 0 Å². The molecule has 1 aliphatic rings. The summed E-state index contributed by atoms with van der Waals surface area (Å²) in [5.41, 5.74) is 7.77. The summed E-state index contributed by atoms with van der Waals surface area (Å²) in [5, 5.41) is 0. The molecule has 15 heavy (non-hydrogen) atoms. The molecular weight excluding hydrogens is 188 g/mol. The van der Waals surface area contributed by atoms with E-state index in [0.717, 1.165) is 43.9 Å². The lowest BCUT2D eigenvalue weighted by Gasteiger charge is -2.16. The summed E-state index contributed by atoms with van der Waals surface area (Å²) in [7, 11) is 0. The molecule has 80 valence electrons. The van der Waals surface area contributed by atoms with Gasteiger partial charge in [0.1, 0.15) is 5.82 Å². The maximum atomic E-state index is 5.62. The molecule has 1 aliphatic heterocycles. The van der Waals surface area contributed by atoms with Crippen LogP contribution in [0.4, 0.5) is 5.82 Å². The second-order valence-electron chi connectivity index (χ2n) is 3.78. The molecule has 0 aliphatic carbocycles. The Hall–Kier alpha value is -1.42. The van der Waals surface area contributed by atoms with Crippen molar-refractivity contribution < 1.29 is 0 Å². The number of nitrogens with zero attached hydrogens (tertiary/aromatic N) is 3. The summed E-state index contributed by atoms with van der Waals surface area (Å²) in [5.74, 6) is 0.519. The topological polar surface area (TPSA) is 55.0 Å². The van der Waals surface area contributed by atoms with E-state index in [9.17, 15) is 0 Å². The standard InChI is InChI=1S/C11H16N4/c1-2-5-15-6-3-9-10(4-7-15)14-11(12)8-13-9/h2,8H,1,3-7H2,(H2,12,14). The van der Waals surface area contributed by atoms with Crippen LogP contribution in [0.1, 0.15) is 11.4 Å². The molecule has 0 unspecified atom stereocenters. The molecule has 1 aromatic heterocycles. The highest BCUT2D eigenvalue weighted by Crippen LogP contribution is 2.12. The van der Waals surface area contributed by atoms with Gasteiger partial charge in [0.15, 0.2) is 0 Å². The van der Waals surface area contributed by atoms with Crippen LogP contribution in [-0.2, 0) is 12.8 Å². The van der Waals surface area contributed by atoms with Crippen LogP contribution >= 0.6 is 0 Å². The lowest BCUT2D eigenvalue weighted by atomic mass is 10.2. The molecule has 2 heterocycles. The molecule has 0 atom stereocenters. The van der Waals surface area contributed by atoms with E-state index >= 15 is 0 Å². The van der Waals surface area contributed by atoms with Crippen molar-refractivity contribution in [2.24, 2.45) is 0 Å². The number of rotatable bonds is 2. The second-order valence-corrected chi connectivity index (χ2v) is 3.78. The van der Waals surface area contributed by atoms with Gasteiger partial charge < -0.3 is 5.73 Å². The third kappa shape index (κ3) is 2.33. The van der Waals surface area contributed by atoms with Gasteiger partial charge in [-0.1, -0.05) is 6.08 Å². The number of hydrogen-bond donors (Lipinski definition) is 1. The van der Waals surface area contributed by atoms with Gasteiger partial charge in [0.25, 0.3) is 0 Å². The number of fused-ring (bicyclic) bond motifs is 1. The molecule has 0 radical (unpaired) electrons. The minimum atomic E-state index is 0.519. The van der Waals surface area contributed by atoms with Crippen molar-refractivity contribution in [3.05, 3.63) is 30.2 Å². The first kappa shape index (κ1) is 10.1. The Morgan fingerprint density at radius 3 is 2.87 bits per heavy atom. The Labute approximate surface area is 89.8 Å². The highest BCUT2D eigenvalue weighted by atomic mass is 15.1. The van der Waals surface area contributed by atoms with E-state index < -0.39 is 0 Å². The maximum absolute atomic E-state index is 5.62. The zero-order chi connectivity index (χ0) is 10.7. The highest BCUT2D eigenvalue weighted by Gasteiger charge is 2.14. The summed E-state index contributed by atoms with van der Waals surface area (Å²) < 4.78 is 0. The zero-order valence-electron chi connectivity index (χ0n) is 8.82. The highest BCUT2D eigenvalue weighted by molar-refractivity contribution is 5.28. The van der Waals surface area contributed by atoms with Gasteiger partial charge in [0, 0.05) is 32.5 Å². The molecule has 0 aromatic carbocycles. The summed E-state index contributed by atoms with van der Waals surface area (Å²) in [6, 6.07) is 0. The van der Waals surface area contributed by atoms with Crippen LogP contribution in [0.15, 0.2) is 18.9 Å². The average Bonchev–Trinajstić information content (AvgIpc) is 2.42. The zero-order valence-corrected chi connectivity index (χ0v) is 8.82. The van der Waals surface area contributed by atoms with Crippen LogP contribution in [0.25, 0.3) is 0 Å². The van der Waals surface area contributed by atoms with Crippen LogP contribution in [0, 0.1) is 0 Å². The Morgan fingerprint density at radius 1 is 1.40 bits per heavy atom. The van der Waals surface area contributed by atoms with Gasteiger partial charge in [-0.25, -0.2) is 4.98 Å². The molecule has 4 nitrogen and oxygen atoms in total. The van der Waals surface area contributed by atoms with E-state index in [1.54, 1.807) is 6.20 Å².